The molecule has 0 aromatic heterocycles. The molecule has 0 spiro atoms. The van der Waals surface area contributed by atoms with Crippen LogP contribution in [0.5, 0.6) is 0 Å². The standard InChI is InChI=1S/C44H75N5O10/c1-17-20-28(10)37-30(12)32(50)22-21-29(11)43(56)59-38(27(9)19-3)39(52)46-35(25(6)7)41(54)49(16)36(26(8)18-2)42(55)47(14)23-33(51)45-34(24(4)5)40(53)48(15)31(13)44(57)58-37/h20-21,24-27,30-32,34-38,50H,17-19,22-23H2,1-16H3,(H,45,51)(H,46,52)/b28-20+,29-21+/t26-,27+,30+,31?,32+,34?,35?,36?,37-,38?/m1/s1. The quantitative estimate of drug-likeness (QED) is 0.238. The number of hydrogen-bond acceptors (Lipinski definition) is 10. The highest BCUT2D eigenvalue weighted by molar-refractivity contribution is 5.96. The summed E-state index contributed by atoms with van der Waals surface area (Å²) in [6.45, 7) is 22.3. The van der Waals surface area contributed by atoms with Gasteiger partial charge in [0.25, 0.3) is 5.91 Å². The lowest BCUT2D eigenvalue weighted by atomic mass is 9.90. The van der Waals surface area contributed by atoms with Crippen molar-refractivity contribution < 1.29 is 48.1 Å². The number of esters is 2. The lowest BCUT2D eigenvalue weighted by Crippen LogP contribution is -2.60. The van der Waals surface area contributed by atoms with Gasteiger partial charge in [-0.1, -0.05) is 87.8 Å². The highest BCUT2D eigenvalue weighted by Crippen LogP contribution is 2.25. The molecule has 15 heteroatoms. The van der Waals surface area contributed by atoms with Crippen LogP contribution in [0, 0.1) is 29.6 Å². The molecule has 0 saturated carbocycles. The molecule has 3 N–H and O–H groups in total. The van der Waals surface area contributed by atoms with Gasteiger partial charge in [-0.25, -0.2) is 9.59 Å². The van der Waals surface area contributed by atoms with Gasteiger partial charge in [-0.2, -0.15) is 0 Å². The van der Waals surface area contributed by atoms with Crippen LogP contribution in [0.3, 0.4) is 0 Å². The SMILES string of the molecule is CC/C=C(\C)[C@H]1OC(=O)C(C)N(C)C(=O)C(C(C)C)NC(=O)CN(C)C(=O)C([C@H](C)CC)N(C)C(=O)C(C(C)C)NC(=O)C([C@@H](C)CC)OC(=O)/C(C)=C/C[C@H](O)[C@@H]1C. The molecule has 0 aromatic carbocycles. The Morgan fingerprint density at radius 2 is 1.34 bits per heavy atom. The average molecular weight is 834 g/mol. The van der Waals surface area contributed by atoms with E-state index in [1.807, 2.05) is 33.8 Å². The van der Waals surface area contributed by atoms with Crippen molar-refractivity contribution in [3.05, 3.63) is 23.3 Å². The van der Waals surface area contributed by atoms with Crippen molar-refractivity contribution in [1.82, 2.24) is 25.3 Å². The molecule has 1 heterocycles. The fourth-order valence-electron chi connectivity index (χ4n) is 6.86. The second-order valence-corrected chi connectivity index (χ2v) is 17.1. The minimum atomic E-state index is -1.26. The van der Waals surface area contributed by atoms with Crippen molar-refractivity contribution in [2.24, 2.45) is 29.6 Å². The Bertz CT molecular complexity index is 1540. The Labute approximate surface area is 353 Å². The van der Waals surface area contributed by atoms with E-state index in [9.17, 15) is 38.7 Å². The molecule has 1 rings (SSSR count). The zero-order valence-electron chi connectivity index (χ0n) is 38.6. The summed E-state index contributed by atoms with van der Waals surface area (Å²) in [5, 5.41) is 16.9. The number of aliphatic hydroxyl groups is 1. The first-order valence-electron chi connectivity index (χ1n) is 21.2. The zero-order valence-corrected chi connectivity index (χ0v) is 38.6. The van der Waals surface area contributed by atoms with Gasteiger partial charge in [-0.3, -0.25) is 24.0 Å². The third kappa shape index (κ3) is 14.5. The van der Waals surface area contributed by atoms with E-state index in [0.29, 0.717) is 24.8 Å². The van der Waals surface area contributed by atoms with Crippen molar-refractivity contribution in [2.45, 2.75) is 158 Å². The molecule has 5 unspecified atom stereocenters. The van der Waals surface area contributed by atoms with Crippen molar-refractivity contribution in [3.8, 4) is 0 Å². The van der Waals surface area contributed by atoms with Crippen molar-refractivity contribution in [3.63, 3.8) is 0 Å². The molecular weight excluding hydrogens is 759 g/mol. The van der Waals surface area contributed by atoms with Crippen LogP contribution in [0.4, 0.5) is 0 Å². The topological polar surface area (TPSA) is 192 Å². The lowest BCUT2D eigenvalue weighted by molar-refractivity contribution is -0.160. The second kappa shape index (κ2) is 24.1. The van der Waals surface area contributed by atoms with E-state index in [4.69, 9.17) is 9.47 Å². The lowest BCUT2D eigenvalue weighted by Gasteiger charge is -2.37. The average Bonchev–Trinajstić information content (AvgIpc) is 3.18. The Morgan fingerprint density at radius 1 is 0.814 bits per heavy atom. The van der Waals surface area contributed by atoms with Crippen molar-refractivity contribution >= 4 is 41.5 Å². The number of ether oxygens (including phenoxy) is 2. The summed E-state index contributed by atoms with van der Waals surface area (Å²) in [5.41, 5.74) is 0.833. The van der Waals surface area contributed by atoms with E-state index in [1.165, 1.54) is 55.8 Å². The monoisotopic (exact) mass is 834 g/mol. The maximum Gasteiger partial charge on any atom is 0.334 e. The molecule has 0 radical (unpaired) electrons. The Hall–Kier alpha value is -4.27. The Morgan fingerprint density at radius 3 is 1.85 bits per heavy atom. The number of amides is 5. The Kier molecular flexibility index (Phi) is 21.5. The van der Waals surface area contributed by atoms with Gasteiger partial charge in [-0.15, -0.1) is 0 Å². The summed E-state index contributed by atoms with van der Waals surface area (Å²) in [6.07, 6.45) is 1.75. The number of rotatable bonds is 8. The Balaban J connectivity index is 3.89. The van der Waals surface area contributed by atoms with E-state index in [0.717, 1.165) is 0 Å². The molecule has 0 fully saturated rings. The molecule has 5 amide bonds. The molecular formula is C44H75N5O10. The number of cyclic esters (lactones) is 2. The van der Waals surface area contributed by atoms with Gasteiger partial charge < -0.3 is 39.9 Å². The first-order chi connectivity index (χ1) is 27.4. The molecule has 1 aliphatic heterocycles. The normalized spacial score (nSPS) is 29.7. The van der Waals surface area contributed by atoms with E-state index in [1.54, 1.807) is 48.5 Å². The molecule has 0 aliphatic carbocycles. The maximum atomic E-state index is 14.2. The van der Waals surface area contributed by atoms with E-state index in [-0.39, 0.29) is 17.9 Å². The van der Waals surface area contributed by atoms with Crippen LogP contribution >= 0.6 is 0 Å². The first-order valence-corrected chi connectivity index (χ1v) is 21.2. The number of carbonyl (C=O) groups is 7. The molecule has 1 aliphatic rings. The summed E-state index contributed by atoms with van der Waals surface area (Å²) in [7, 11) is 4.36. The van der Waals surface area contributed by atoms with E-state index >= 15 is 0 Å². The third-order valence-electron chi connectivity index (χ3n) is 11.7. The summed E-state index contributed by atoms with van der Waals surface area (Å²) in [4.78, 5) is 101. The van der Waals surface area contributed by atoms with Gasteiger partial charge in [-0.05, 0) is 63.4 Å². The summed E-state index contributed by atoms with van der Waals surface area (Å²) in [6, 6.07) is -4.26. The first kappa shape index (κ1) is 52.7. The minimum Gasteiger partial charge on any atom is -0.456 e. The van der Waals surface area contributed by atoms with Gasteiger partial charge in [0, 0.05) is 38.6 Å². The third-order valence-corrected chi connectivity index (χ3v) is 11.7. The number of hydrogen-bond donors (Lipinski definition) is 3. The highest BCUT2D eigenvalue weighted by atomic mass is 16.6. The second-order valence-electron chi connectivity index (χ2n) is 17.1. The van der Waals surface area contributed by atoms with Crippen molar-refractivity contribution in [1.29, 1.82) is 0 Å². The number of aliphatic hydroxyl groups excluding tert-OH is 1. The van der Waals surface area contributed by atoms with Crippen LogP contribution in [0.15, 0.2) is 23.3 Å². The van der Waals surface area contributed by atoms with Gasteiger partial charge in [0.1, 0.15) is 30.3 Å². The van der Waals surface area contributed by atoms with E-state index in [2.05, 4.69) is 10.6 Å². The molecule has 336 valence electrons. The summed E-state index contributed by atoms with van der Waals surface area (Å²) >= 11 is 0. The van der Waals surface area contributed by atoms with Gasteiger partial charge >= 0.3 is 11.9 Å². The van der Waals surface area contributed by atoms with E-state index < -0.39 is 114 Å². The maximum absolute atomic E-state index is 14.2. The number of likely N-dealkylation sites (N-methyl/N-ethyl adjacent to an activating group) is 3. The largest absolute Gasteiger partial charge is 0.456 e. The predicted molar refractivity (Wildman–Crippen MR) is 226 cm³/mol. The predicted octanol–water partition coefficient (Wildman–Crippen LogP) is 4.02. The van der Waals surface area contributed by atoms with Crippen LogP contribution in [0.1, 0.15) is 116 Å². The summed E-state index contributed by atoms with van der Waals surface area (Å²) in [5.74, 6) is -6.70. The molecule has 59 heavy (non-hydrogen) atoms. The van der Waals surface area contributed by atoms with Crippen LogP contribution in [0.25, 0.3) is 0 Å². The van der Waals surface area contributed by atoms with Crippen LogP contribution in [0.2, 0.25) is 0 Å². The number of allylic oxidation sites excluding steroid dienone is 1. The molecule has 0 saturated heterocycles. The van der Waals surface area contributed by atoms with Crippen LogP contribution in [-0.2, 0) is 43.0 Å². The van der Waals surface area contributed by atoms with Crippen LogP contribution in [-0.4, -0.2) is 131 Å². The molecule has 0 bridgehead atoms. The highest BCUT2D eigenvalue weighted by Gasteiger charge is 2.40. The van der Waals surface area contributed by atoms with Crippen molar-refractivity contribution in [2.75, 3.05) is 27.7 Å². The smallest absolute Gasteiger partial charge is 0.334 e. The van der Waals surface area contributed by atoms with Crippen LogP contribution < -0.4 is 10.6 Å². The fraction of sp³-hybridized carbons (Fsp3) is 0.750. The molecule has 0 aromatic rings. The zero-order chi connectivity index (χ0) is 45.6. The van der Waals surface area contributed by atoms with Gasteiger partial charge in [0.15, 0.2) is 6.10 Å². The number of nitrogens with zero attached hydrogens (tertiary/aromatic N) is 3. The number of carbonyl (C=O) groups excluding carboxylic acids is 7. The molecule has 10 atom stereocenters. The van der Waals surface area contributed by atoms with Gasteiger partial charge in [0.05, 0.1) is 12.6 Å². The fourth-order valence-corrected chi connectivity index (χ4v) is 6.86. The molecule has 15 nitrogen and oxygen atoms in total. The minimum absolute atomic E-state index is 0.0129. The van der Waals surface area contributed by atoms with Gasteiger partial charge in [0.2, 0.25) is 23.6 Å². The summed E-state index contributed by atoms with van der Waals surface area (Å²) < 4.78 is 11.8. The number of nitrogens with one attached hydrogen (secondary N) is 2.